The third-order valence-corrected chi connectivity index (χ3v) is 2.29. The van der Waals surface area contributed by atoms with Gasteiger partial charge in [-0.3, -0.25) is 9.59 Å². The number of esters is 1. The van der Waals surface area contributed by atoms with Crippen LogP contribution < -0.4 is 0 Å². The lowest BCUT2D eigenvalue weighted by Gasteiger charge is -2.10. The number of hydrogen-bond donors (Lipinski definition) is 0. The van der Waals surface area contributed by atoms with Crippen molar-refractivity contribution in [3.63, 3.8) is 0 Å². The molecule has 0 aliphatic heterocycles. The summed E-state index contributed by atoms with van der Waals surface area (Å²) in [5.74, 6) is -0.280. The van der Waals surface area contributed by atoms with Gasteiger partial charge in [-0.15, -0.1) is 0 Å². The van der Waals surface area contributed by atoms with E-state index in [4.69, 9.17) is 4.74 Å². The molecule has 0 unspecified atom stereocenters. The smallest absolute Gasteiger partial charge is 0.326 e. The van der Waals surface area contributed by atoms with E-state index in [0.717, 1.165) is 5.69 Å². The van der Waals surface area contributed by atoms with Gasteiger partial charge in [0.15, 0.2) is 5.78 Å². The molecule has 0 N–H and O–H groups in total. The monoisotopic (exact) mass is 223 g/mol. The van der Waals surface area contributed by atoms with Crippen LogP contribution >= 0.6 is 0 Å². The summed E-state index contributed by atoms with van der Waals surface area (Å²) in [4.78, 5) is 22.6. The summed E-state index contributed by atoms with van der Waals surface area (Å²) in [6, 6.07) is 1.72. The molecule has 1 heterocycles. The van der Waals surface area contributed by atoms with Crippen LogP contribution in [0.25, 0.3) is 0 Å². The molecule has 1 rings (SSSR count). The molecule has 0 saturated heterocycles. The van der Waals surface area contributed by atoms with Gasteiger partial charge < -0.3 is 9.30 Å². The summed E-state index contributed by atoms with van der Waals surface area (Å²) < 4.78 is 6.76. The maximum absolute atomic E-state index is 11.4. The maximum Gasteiger partial charge on any atom is 0.326 e. The molecule has 1 aromatic rings. The zero-order valence-electron chi connectivity index (χ0n) is 10.1. The van der Waals surface area contributed by atoms with E-state index in [1.54, 1.807) is 30.7 Å². The Balaban J connectivity index is 2.75. The number of hydrogen-bond acceptors (Lipinski definition) is 3. The van der Waals surface area contributed by atoms with Gasteiger partial charge >= 0.3 is 5.97 Å². The van der Waals surface area contributed by atoms with Crippen molar-refractivity contribution in [1.29, 1.82) is 0 Å². The third-order valence-electron chi connectivity index (χ3n) is 2.29. The Kier molecular flexibility index (Phi) is 3.88. The Morgan fingerprint density at radius 3 is 2.50 bits per heavy atom. The summed E-state index contributed by atoms with van der Waals surface area (Å²) in [5, 5.41) is 0. The van der Waals surface area contributed by atoms with E-state index in [2.05, 4.69) is 0 Å². The predicted octanol–water partition coefficient (Wildman–Crippen LogP) is 1.95. The van der Waals surface area contributed by atoms with Gasteiger partial charge in [-0.2, -0.15) is 0 Å². The fourth-order valence-corrected chi connectivity index (χ4v) is 1.53. The molecule has 0 saturated carbocycles. The standard InChI is InChI=1S/C12H17NO3/c1-8(2)16-12(15)7-13-6-5-11(9(13)3)10(4)14/h5-6,8H,7H2,1-4H3. The summed E-state index contributed by atoms with van der Waals surface area (Å²) in [6.07, 6.45) is 1.61. The minimum Gasteiger partial charge on any atom is -0.462 e. The molecule has 4 nitrogen and oxygen atoms in total. The van der Waals surface area contributed by atoms with Gasteiger partial charge in [-0.05, 0) is 33.8 Å². The van der Waals surface area contributed by atoms with Crippen molar-refractivity contribution in [2.75, 3.05) is 0 Å². The van der Waals surface area contributed by atoms with E-state index in [0.29, 0.717) is 5.56 Å². The van der Waals surface area contributed by atoms with Crippen LogP contribution in [0.1, 0.15) is 36.8 Å². The molecule has 0 radical (unpaired) electrons. The molecular weight excluding hydrogens is 206 g/mol. The fourth-order valence-electron chi connectivity index (χ4n) is 1.53. The Morgan fingerprint density at radius 2 is 2.06 bits per heavy atom. The number of carbonyl (C=O) groups excluding carboxylic acids is 2. The number of aromatic nitrogens is 1. The van der Waals surface area contributed by atoms with Crippen molar-refractivity contribution in [2.24, 2.45) is 0 Å². The second-order valence-corrected chi connectivity index (χ2v) is 4.04. The number of ketones is 1. The highest BCUT2D eigenvalue weighted by Gasteiger charge is 2.12. The van der Waals surface area contributed by atoms with Crippen molar-refractivity contribution in [3.05, 3.63) is 23.5 Å². The van der Waals surface area contributed by atoms with Gasteiger partial charge in [-0.1, -0.05) is 0 Å². The van der Waals surface area contributed by atoms with Crippen molar-refractivity contribution >= 4 is 11.8 Å². The summed E-state index contributed by atoms with van der Waals surface area (Å²) in [6.45, 7) is 7.10. The van der Waals surface area contributed by atoms with Crippen molar-refractivity contribution in [3.8, 4) is 0 Å². The minimum atomic E-state index is -0.288. The molecule has 4 heteroatoms. The quantitative estimate of drug-likeness (QED) is 0.579. The Bertz CT molecular complexity index is 404. The van der Waals surface area contributed by atoms with E-state index < -0.39 is 0 Å². The van der Waals surface area contributed by atoms with E-state index >= 15 is 0 Å². The Morgan fingerprint density at radius 1 is 1.44 bits per heavy atom. The van der Waals surface area contributed by atoms with E-state index in [1.807, 2.05) is 6.92 Å². The lowest BCUT2D eigenvalue weighted by molar-refractivity contribution is -0.148. The first-order valence-electron chi connectivity index (χ1n) is 5.28. The first-order valence-corrected chi connectivity index (χ1v) is 5.28. The van der Waals surface area contributed by atoms with Crippen LogP contribution in [0.15, 0.2) is 12.3 Å². The lowest BCUT2D eigenvalue weighted by Crippen LogP contribution is -2.18. The first kappa shape index (κ1) is 12.5. The molecule has 0 atom stereocenters. The minimum absolute atomic E-state index is 0.00785. The highest BCUT2D eigenvalue weighted by atomic mass is 16.5. The Hall–Kier alpha value is -1.58. The molecule has 0 bridgehead atoms. The van der Waals surface area contributed by atoms with Gasteiger partial charge in [0, 0.05) is 17.5 Å². The average Bonchev–Trinajstić information content (AvgIpc) is 2.46. The van der Waals surface area contributed by atoms with Crippen molar-refractivity contribution < 1.29 is 14.3 Å². The van der Waals surface area contributed by atoms with Crippen LogP contribution in [0.2, 0.25) is 0 Å². The number of rotatable bonds is 4. The SMILES string of the molecule is CC(=O)c1ccn(CC(=O)OC(C)C)c1C. The molecule has 0 aromatic carbocycles. The lowest BCUT2D eigenvalue weighted by atomic mass is 10.2. The van der Waals surface area contributed by atoms with Crippen LogP contribution in [0.5, 0.6) is 0 Å². The van der Waals surface area contributed by atoms with Crippen molar-refractivity contribution in [1.82, 2.24) is 4.57 Å². The largest absolute Gasteiger partial charge is 0.462 e. The molecule has 88 valence electrons. The van der Waals surface area contributed by atoms with Gasteiger partial charge in [0.2, 0.25) is 0 Å². The number of ether oxygens (including phenoxy) is 1. The third kappa shape index (κ3) is 2.95. The maximum atomic E-state index is 11.4. The number of nitrogens with zero attached hydrogens (tertiary/aromatic N) is 1. The second-order valence-electron chi connectivity index (χ2n) is 4.04. The summed E-state index contributed by atoms with van der Waals surface area (Å²) >= 11 is 0. The zero-order chi connectivity index (χ0) is 12.3. The molecular formula is C12H17NO3. The van der Waals surface area contributed by atoms with Crippen LogP contribution in [0, 0.1) is 6.92 Å². The molecule has 1 aromatic heterocycles. The number of carbonyl (C=O) groups is 2. The van der Waals surface area contributed by atoms with Crippen LogP contribution in [-0.4, -0.2) is 22.4 Å². The normalized spacial score (nSPS) is 10.6. The zero-order valence-corrected chi connectivity index (χ0v) is 10.1. The first-order chi connectivity index (χ1) is 7.41. The van der Waals surface area contributed by atoms with Gasteiger partial charge in [0.25, 0.3) is 0 Å². The van der Waals surface area contributed by atoms with E-state index in [1.165, 1.54) is 6.92 Å². The van der Waals surface area contributed by atoms with Crippen LogP contribution in [0.4, 0.5) is 0 Å². The van der Waals surface area contributed by atoms with E-state index in [9.17, 15) is 9.59 Å². The summed E-state index contributed by atoms with van der Waals surface area (Å²) in [7, 11) is 0. The van der Waals surface area contributed by atoms with E-state index in [-0.39, 0.29) is 24.4 Å². The van der Waals surface area contributed by atoms with Gasteiger partial charge in [0.1, 0.15) is 6.54 Å². The summed E-state index contributed by atoms with van der Waals surface area (Å²) in [5.41, 5.74) is 1.45. The predicted molar refractivity (Wildman–Crippen MR) is 60.4 cm³/mol. The van der Waals surface area contributed by atoms with Crippen LogP contribution in [-0.2, 0) is 16.1 Å². The topological polar surface area (TPSA) is 48.3 Å². The van der Waals surface area contributed by atoms with Crippen molar-refractivity contribution in [2.45, 2.75) is 40.3 Å². The highest BCUT2D eigenvalue weighted by Crippen LogP contribution is 2.10. The fraction of sp³-hybridized carbons (Fsp3) is 0.500. The average molecular weight is 223 g/mol. The molecule has 16 heavy (non-hydrogen) atoms. The molecule has 0 fully saturated rings. The van der Waals surface area contributed by atoms with Crippen LogP contribution in [0.3, 0.4) is 0 Å². The Labute approximate surface area is 95.2 Å². The molecule has 0 spiro atoms. The molecule has 0 aliphatic rings. The highest BCUT2D eigenvalue weighted by molar-refractivity contribution is 5.95. The van der Waals surface area contributed by atoms with Gasteiger partial charge in [0.05, 0.1) is 6.10 Å². The van der Waals surface area contributed by atoms with Gasteiger partial charge in [-0.25, -0.2) is 0 Å². The molecule has 0 aliphatic carbocycles. The molecule has 0 amide bonds. The number of Topliss-reactive ketones (excluding diaryl/α,β-unsaturated/α-hetero) is 1. The second kappa shape index (κ2) is 4.96.